The number of rotatable bonds is 5. The number of Topliss-reactive ketones (excluding diaryl/α,β-unsaturated/α-hetero) is 1. The molecule has 0 bridgehead atoms. The normalized spacial score (nSPS) is 25.6. The highest BCUT2D eigenvalue weighted by atomic mass is 35.5. The maximum atomic E-state index is 13.4. The molecule has 7 heteroatoms. The van der Waals surface area contributed by atoms with E-state index in [9.17, 15) is 9.59 Å². The number of thiophene rings is 1. The Balaban J connectivity index is 1.27. The van der Waals surface area contributed by atoms with Gasteiger partial charge >= 0.3 is 0 Å². The predicted octanol–water partition coefficient (Wildman–Crippen LogP) is 5.89. The largest absolute Gasteiger partial charge is 0.370 e. The summed E-state index contributed by atoms with van der Waals surface area (Å²) in [6, 6.07) is 17.7. The lowest BCUT2D eigenvalue weighted by Crippen LogP contribution is -2.60. The molecule has 3 heterocycles. The van der Waals surface area contributed by atoms with Gasteiger partial charge in [-0.3, -0.25) is 9.59 Å². The van der Waals surface area contributed by atoms with Crippen LogP contribution in [0.1, 0.15) is 36.8 Å². The van der Waals surface area contributed by atoms with E-state index in [4.69, 9.17) is 11.6 Å². The lowest BCUT2D eigenvalue weighted by atomic mass is 9.63. The van der Waals surface area contributed by atoms with E-state index in [1.807, 2.05) is 35.0 Å². The van der Waals surface area contributed by atoms with E-state index in [0.717, 1.165) is 29.1 Å². The fraction of sp³-hybridized carbons (Fsp3) is 0.333. The zero-order valence-electron chi connectivity index (χ0n) is 18.6. The molecule has 6 rings (SSSR count). The van der Waals surface area contributed by atoms with Crippen molar-refractivity contribution in [3.8, 4) is 0 Å². The zero-order chi connectivity index (χ0) is 23.3. The number of carbonyl (C=O) groups excluding carboxylic acids is 2. The van der Waals surface area contributed by atoms with Crippen molar-refractivity contribution >= 4 is 52.1 Å². The molecule has 2 aliphatic heterocycles. The van der Waals surface area contributed by atoms with E-state index < -0.39 is 10.8 Å². The van der Waals surface area contributed by atoms with E-state index in [0.29, 0.717) is 10.4 Å². The number of anilines is 1. The van der Waals surface area contributed by atoms with Crippen LogP contribution in [0.25, 0.3) is 0 Å². The molecule has 1 aromatic heterocycles. The summed E-state index contributed by atoms with van der Waals surface area (Å²) in [5, 5.41) is 7.00. The summed E-state index contributed by atoms with van der Waals surface area (Å²) < 4.78 is 0. The molecule has 2 saturated heterocycles. The fourth-order valence-electron chi connectivity index (χ4n) is 5.53. The van der Waals surface area contributed by atoms with Gasteiger partial charge in [0.25, 0.3) is 0 Å². The Morgan fingerprint density at radius 2 is 1.76 bits per heavy atom. The average Bonchev–Trinajstić information content (AvgIpc) is 3.31. The third-order valence-corrected chi connectivity index (χ3v) is 10.0. The first-order valence-electron chi connectivity index (χ1n) is 11.6. The Morgan fingerprint density at radius 3 is 2.38 bits per heavy atom. The Hall–Kier alpha value is -2.28. The Labute approximate surface area is 212 Å². The van der Waals surface area contributed by atoms with Gasteiger partial charge < -0.3 is 10.2 Å². The topological polar surface area (TPSA) is 49.4 Å². The molecule has 174 valence electrons. The first-order valence-corrected chi connectivity index (χ1v) is 13.8. The molecular weight excluding hydrogens is 484 g/mol. The number of hydrogen-bond acceptors (Lipinski definition) is 5. The van der Waals surface area contributed by atoms with Crippen LogP contribution >= 0.6 is 34.7 Å². The number of benzene rings is 2. The minimum Gasteiger partial charge on any atom is -0.370 e. The van der Waals surface area contributed by atoms with Crippen LogP contribution in [0.5, 0.6) is 0 Å². The van der Waals surface area contributed by atoms with Crippen LogP contribution < -0.4 is 10.2 Å². The summed E-state index contributed by atoms with van der Waals surface area (Å²) in [5.41, 5.74) is 2.81. The number of hydrogen-bond donors (Lipinski definition) is 1. The minimum atomic E-state index is -0.853. The lowest BCUT2D eigenvalue weighted by molar-refractivity contribution is -0.132. The third kappa shape index (κ3) is 3.67. The van der Waals surface area contributed by atoms with Crippen molar-refractivity contribution in [1.29, 1.82) is 0 Å². The van der Waals surface area contributed by atoms with Gasteiger partial charge in [0.1, 0.15) is 5.25 Å². The first kappa shape index (κ1) is 22.2. The average molecular weight is 509 g/mol. The highest BCUT2D eigenvalue weighted by Gasteiger charge is 2.49. The van der Waals surface area contributed by atoms with Crippen LogP contribution in [-0.2, 0) is 15.1 Å². The molecule has 1 spiro atoms. The summed E-state index contributed by atoms with van der Waals surface area (Å²) in [6.07, 6.45) is 4.28. The van der Waals surface area contributed by atoms with E-state index in [1.54, 1.807) is 17.4 Å². The number of carbonyl (C=O) groups is 2. The van der Waals surface area contributed by atoms with Gasteiger partial charge in [-0.1, -0.05) is 42.3 Å². The fourth-order valence-corrected chi connectivity index (χ4v) is 7.50. The zero-order valence-corrected chi connectivity index (χ0v) is 21.0. The van der Waals surface area contributed by atoms with Crippen molar-refractivity contribution in [2.45, 2.75) is 41.4 Å². The van der Waals surface area contributed by atoms with Gasteiger partial charge in [-0.15, -0.1) is 11.8 Å². The Morgan fingerprint density at radius 1 is 1.00 bits per heavy atom. The molecule has 1 N–H and O–H groups in total. The van der Waals surface area contributed by atoms with Gasteiger partial charge in [-0.05, 0) is 65.1 Å². The van der Waals surface area contributed by atoms with Crippen molar-refractivity contribution in [2.24, 2.45) is 5.41 Å². The summed E-state index contributed by atoms with van der Waals surface area (Å²) in [6.45, 7) is 2.27. The van der Waals surface area contributed by atoms with Crippen LogP contribution in [0.15, 0.2) is 70.3 Å². The third-order valence-electron chi connectivity index (χ3n) is 7.59. The smallest absolute Gasteiger partial charge is 0.242 e. The molecule has 34 heavy (non-hydrogen) atoms. The van der Waals surface area contributed by atoms with Crippen LogP contribution in [0.4, 0.5) is 5.69 Å². The number of amides is 1. The van der Waals surface area contributed by atoms with E-state index in [2.05, 4.69) is 34.5 Å². The molecule has 2 aromatic carbocycles. The monoisotopic (exact) mass is 508 g/mol. The Bertz CT molecular complexity index is 1210. The Kier molecular flexibility index (Phi) is 5.51. The van der Waals surface area contributed by atoms with Crippen molar-refractivity contribution in [2.75, 3.05) is 18.0 Å². The minimum absolute atomic E-state index is 0.0846. The molecule has 1 amide bonds. The first-order chi connectivity index (χ1) is 16.5. The van der Waals surface area contributed by atoms with Gasteiger partial charge in [-0.25, -0.2) is 0 Å². The quantitative estimate of drug-likeness (QED) is 0.437. The van der Waals surface area contributed by atoms with Gasteiger partial charge in [0, 0.05) is 35.5 Å². The molecule has 2 atom stereocenters. The number of nitrogens with one attached hydrogen (secondary N) is 1. The predicted molar refractivity (Wildman–Crippen MR) is 139 cm³/mol. The SMILES string of the molecule is O=C1CC(c2ccc(N3CC4(CCC4)C3)cc2)(c2ccsc2)NC(=O)C1Sc1ccccc1Cl. The second kappa shape index (κ2) is 8.43. The molecule has 3 aliphatic rings. The molecule has 2 unspecified atom stereocenters. The molecule has 1 aliphatic carbocycles. The van der Waals surface area contributed by atoms with Crippen molar-refractivity contribution in [1.82, 2.24) is 5.32 Å². The second-order valence-electron chi connectivity index (χ2n) is 9.73. The molecule has 0 radical (unpaired) electrons. The summed E-state index contributed by atoms with van der Waals surface area (Å²) >= 11 is 9.09. The molecule has 4 nitrogen and oxygen atoms in total. The molecule has 1 saturated carbocycles. The highest BCUT2D eigenvalue weighted by Crippen LogP contribution is 2.50. The van der Waals surface area contributed by atoms with Crippen LogP contribution in [-0.4, -0.2) is 30.0 Å². The lowest BCUT2D eigenvalue weighted by Gasteiger charge is -2.57. The number of halogens is 1. The second-order valence-corrected chi connectivity index (χ2v) is 12.1. The van der Waals surface area contributed by atoms with E-state index in [1.165, 1.54) is 36.7 Å². The molecule has 3 aromatic rings. The highest BCUT2D eigenvalue weighted by molar-refractivity contribution is 8.01. The maximum Gasteiger partial charge on any atom is 0.242 e. The van der Waals surface area contributed by atoms with Crippen LogP contribution in [0.3, 0.4) is 0 Å². The summed E-state index contributed by atoms with van der Waals surface area (Å²) in [7, 11) is 0. The standard InChI is InChI=1S/C27H25ClN2O2S2/c28-21-4-1-2-5-23(21)34-24-22(31)14-27(29-25(24)32,19-10-13-33-15-19)18-6-8-20(9-7-18)30-16-26(17-30)11-3-12-26/h1-2,4-10,13,15,24H,3,11-12,14,16-17H2,(H,29,32). The van der Waals surface area contributed by atoms with E-state index in [-0.39, 0.29) is 18.1 Å². The number of thioether (sulfide) groups is 1. The van der Waals surface area contributed by atoms with Crippen molar-refractivity contribution in [3.63, 3.8) is 0 Å². The van der Waals surface area contributed by atoms with E-state index >= 15 is 0 Å². The van der Waals surface area contributed by atoms with Crippen LogP contribution in [0.2, 0.25) is 5.02 Å². The number of nitrogens with zero attached hydrogens (tertiary/aromatic N) is 1. The van der Waals surface area contributed by atoms with Crippen molar-refractivity contribution in [3.05, 3.63) is 81.5 Å². The number of ketones is 1. The summed E-state index contributed by atoms with van der Waals surface area (Å²) in [5.74, 6) is -0.357. The summed E-state index contributed by atoms with van der Waals surface area (Å²) in [4.78, 5) is 29.9. The number of piperidine rings is 1. The van der Waals surface area contributed by atoms with Gasteiger partial charge in [0.05, 0.1) is 10.6 Å². The maximum absolute atomic E-state index is 13.4. The molecule has 3 fully saturated rings. The van der Waals surface area contributed by atoms with Gasteiger partial charge in [0.2, 0.25) is 5.91 Å². The van der Waals surface area contributed by atoms with Gasteiger partial charge in [-0.2, -0.15) is 11.3 Å². The molecular formula is C27H25ClN2O2S2. The van der Waals surface area contributed by atoms with Crippen LogP contribution in [0, 0.1) is 5.41 Å². The van der Waals surface area contributed by atoms with Gasteiger partial charge in [0.15, 0.2) is 5.78 Å². The van der Waals surface area contributed by atoms with Crippen molar-refractivity contribution < 1.29 is 9.59 Å².